The van der Waals surface area contributed by atoms with Crippen molar-refractivity contribution in [1.29, 1.82) is 0 Å². The summed E-state index contributed by atoms with van der Waals surface area (Å²) < 4.78 is 1.62. The number of carbonyl (C=O) groups is 1. The van der Waals surface area contributed by atoms with Gasteiger partial charge in [0.25, 0.3) is 0 Å². The summed E-state index contributed by atoms with van der Waals surface area (Å²) in [7, 11) is 1.80. The van der Waals surface area contributed by atoms with Crippen molar-refractivity contribution in [2.75, 3.05) is 0 Å². The zero-order chi connectivity index (χ0) is 14.7. The van der Waals surface area contributed by atoms with E-state index in [0.717, 1.165) is 16.7 Å². The first-order valence-corrected chi connectivity index (χ1v) is 6.63. The summed E-state index contributed by atoms with van der Waals surface area (Å²) in [5.41, 5.74) is 4.64. The second kappa shape index (κ2) is 5.86. The molecule has 2 rings (SSSR count). The van der Waals surface area contributed by atoms with Crippen LogP contribution in [0, 0.1) is 20.8 Å². The van der Waals surface area contributed by atoms with E-state index in [-0.39, 0.29) is 5.91 Å². The number of carbonyl (C=O) groups excluding carboxylic acids is 1. The lowest BCUT2D eigenvalue weighted by molar-refractivity contribution is -0.120. The molecule has 1 amide bonds. The van der Waals surface area contributed by atoms with E-state index in [4.69, 9.17) is 0 Å². The van der Waals surface area contributed by atoms with Crippen LogP contribution >= 0.6 is 0 Å². The molecule has 0 saturated heterocycles. The third kappa shape index (κ3) is 3.44. The van der Waals surface area contributed by atoms with Crippen molar-refractivity contribution in [1.82, 2.24) is 20.1 Å². The molecule has 0 saturated carbocycles. The number of rotatable bonds is 4. The maximum absolute atomic E-state index is 12.0. The molecule has 0 aliphatic rings. The van der Waals surface area contributed by atoms with Crippen molar-refractivity contribution < 1.29 is 4.79 Å². The van der Waals surface area contributed by atoms with Gasteiger partial charge in [-0.2, -0.15) is 5.10 Å². The maximum Gasteiger partial charge on any atom is 0.224 e. The Morgan fingerprint density at radius 3 is 2.45 bits per heavy atom. The van der Waals surface area contributed by atoms with Crippen molar-refractivity contribution in [3.05, 3.63) is 46.5 Å². The summed E-state index contributed by atoms with van der Waals surface area (Å²) >= 11 is 0. The van der Waals surface area contributed by atoms with E-state index >= 15 is 0 Å². The van der Waals surface area contributed by atoms with Gasteiger partial charge in [0, 0.05) is 7.05 Å². The summed E-state index contributed by atoms with van der Waals surface area (Å²) in [5, 5.41) is 6.98. The number of hydrogen-bond acceptors (Lipinski definition) is 3. The molecule has 0 aliphatic heterocycles. The average Bonchev–Trinajstić information content (AvgIpc) is 2.77. The zero-order valence-electron chi connectivity index (χ0n) is 12.4. The van der Waals surface area contributed by atoms with Crippen LogP contribution in [-0.2, 0) is 24.8 Å². The Hall–Kier alpha value is -2.17. The Labute approximate surface area is 119 Å². The minimum absolute atomic E-state index is 0.00694. The van der Waals surface area contributed by atoms with Gasteiger partial charge in [0.05, 0.1) is 13.0 Å². The monoisotopic (exact) mass is 272 g/mol. The highest BCUT2D eigenvalue weighted by atomic mass is 16.1. The molecule has 5 nitrogen and oxygen atoms in total. The Morgan fingerprint density at radius 1 is 1.25 bits per heavy atom. The fraction of sp³-hybridized carbons (Fsp3) is 0.400. The van der Waals surface area contributed by atoms with Crippen LogP contribution < -0.4 is 5.32 Å². The first kappa shape index (κ1) is 14.2. The molecule has 2 aromatic rings. The molecule has 0 bridgehead atoms. The fourth-order valence-electron chi connectivity index (χ4n) is 2.35. The van der Waals surface area contributed by atoms with Crippen molar-refractivity contribution >= 4 is 5.91 Å². The number of nitrogens with one attached hydrogen (secondary N) is 1. The van der Waals surface area contributed by atoms with Crippen LogP contribution in [0.2, 0.25) is 0 Å². The van der Waals surface area contributed by atoms with Crippen molar-refractivity contribution in [3.63, 3.8) is 0 Å². The second-order valence-corrected chi connectivity index (χ2v) is 5.17. The molecule has 1 N–H and O–H groups in total. The van der Waals surface area contributed by atoms with E-state index < -0.39 is 0 Å². The zero-order valence-corrected chi connectivity index (χ0v) is 12.4. The summed E-state index contributed by atoms with van der Waals surface area (Å²) in [4.78, 5) is 16.1. The molecule has 1 heterocycles. The molecule has 0 fully saturated rings. The Balaban J connectivity index is 1.98. The SMILES string of the molecule is Cc1cc(C)c(CC(=O)NCc2ncn(C)n2)c(C)c1. The molecular weight excluding hydrogens is 252 g/mol. The smallest absolute Gasteiger partial charge is 0.224 e. The van der Waals surface area contributed by atoms with Crippen LogP contribution in [0.3, 0.4) is 0 Å². The Morgan fingerprint density at radius 2 is 1.90 bits per heavy atom. The van der Waals surface area contributed by atoms with Crippen molar-refractivity contribution in [2.45, 2.75) is 33.7 Å². The summed E-state index contributed by atoms with van der Waals surface area (Å²) in [6.07, 6.45) is 2.01. The van der Waals surface area contributed by atoms with Crippen LogP contribution in [0.15, 0.2) is 18.5 Å². The first-order chi connectivity index (χ1) is 9.45. The highest BCUT2D eigenvalue weighted by Crippen LogP contribution is 2.16. The highest BCUT2D eigenvalue weighted by Gasteiger charge is 2.10. The van der Waals surface area contributed by atoms with E-state index in [1.165, 1.54) is 5.56 Å². The first-order valence-electron chi connectivity index (χ1n) is 6.63. The van der Waals surface area contributed by atoms with Crippen LogP contribution in [-0.4, -0.2) is 20.7 Å². The van der Waals surface area contributed by atoms with E-state index in [1.54, 1.807) is 18.1 Å². The normalized spacial score (nSPS) is 10.6. The predicted octanol–water partition coefficient (Wildman–Crippen LogP) is 1.60. The molecule has 0 unspecified atom stereocenters. The molecule has 1 aromatic heterocycles. The quantitative estimate of drug-likeness (QED) is 0.919. The van der Waals surface area contributed by atoms with Crippen LogP contribution in [0.25, 0.3) is 0 Å². The van der Waals surface area contributed by atoms with Crippen LogP contribution in [0.1, 0.15) is 28.1 Å². The average molecular weight is 272 g/mol. The Bertz CT molecular complexity index is 608. The van der Waals surface area contributed by atoms with E-state index in [1.807, 2.05) is 13.8 Å². The lowest BCUT2D eigenvalue weighted by atomic mass is 9.97. The number of nitrogens with zero attached hydrogens (tertiary/aromatic N) is 3. The molecule has 0 atom stereocenters. The summed E-state index contributed by atoms with van der Waals surface area (Å²) in [6.45, 7) is 6.52. The summed E-state index contributed by atoms with van der Waals surface area (Å²) in [6, 6.07) is 4.21. The number of aromatic nitrogens is 3. The number of benzene rings is 1. The van der Waals surface area contributed by atoms with Gasteiger partial charge in [-0.3, -0.25) is 9.48 Å². The van der Waals surface area contributed by atoms with Gasteiger partial charge in [0.1, 0.15) is 6.33 Å². The van der Waals surface area contributed by atoms with Gasteiger partial charge in [-0.1, -0.05) is 17.7 Å². The van der Waals surface area contributed by atoms with Crippen molar-refractivity contribution in [2.24, 2.45) is 7.05 Å². The maximum atomic E-state index is 12.0. The topological polar surface area (TPSA) is 59.8 Å². The van der Waals surface area contributed by atoms with Crippen LogP contribution in [0.4, 0.5) is 0 Å². The molecule has 5 heteroatoms. The molecular formula is C15H20N4O. The van der Waals surface area contributed by atoms with Crippen LogP contribution in [0.5, 0.6) is 0 Å². The van der Waals surface area contributed by atoms with Crippen molar-refractivity contribution in [3.8, 4) is 0 Å². The third-order valence-electron chi connectivity index (χ3n) is 3.27. The van der Waals surface area contributed by atoms with Gasteiger partial charge in [-0.05, 0) is 37.5 Å². The van der Waals surface area contributed by atoms with Gasteiger partial charge in [-0.15, -0.1) is 0 Å². The van der Waals surface area contributed by atoms with E-state index in [9.17, 15) is 4.79 Å². The van der Waals surface area contributed by atoms with E-state index in [2.05, 4.69) is 34.5 Å². The highest BCUT2D eigenvalue weighted by molar-refractivity contribution is 5.79. The molecule has 20 heavy (non-hydrogen) atoms. The standard InChI is InChI=1S/C15H20N4O/c1-10-5-11(2)13(12(3)6-10)7-15(20)16-8-14-17-9-19(4)18-14/h5-6,9H,7-8H2,1-4H3,(H,16,20). The minimum Gasteiger partial charge on any atom is -0.348 e. The largest absolute Gasteiger partial charge is 0.348 e. The molecule has 0 aliphatic carbocycles. The lowest BCUT2D eigenvalue weighted by Gasteiger charge is -2.11. The number of hydrogen-bond donors (Lipinski definition) is 1. The molecule has 1 aromatic carbocycles. The van der Waals surface area contributed by atoms with Gasteiger partial charge in [0.15, 0.2) is 5.82 Å². The minimum atomic E-state index is -0.00694. The molecule has 106 valence electrons. The third-order valence-corrected chi connectivity index (χ3v) is 3.27. The predicted molar refractivity (Wildman–Crippen MR) is 77.2 cm³/mol. The number of aryl methyl sites for hydroxylation is 4. The van der Waals surface area contributed by atoms with Gasteiger partial charge >= 0.3 is 0 Å². The van der Waals surface area contributed by atoms with E-state index in [0.29, 0.717) is 18.8 Å². The van der Waals surface area contributed by atoms with Gasteiger partial charge in [0.2, 0.25) is 5.91 Å². The lowest BCUT2D eigenvalue weighted by Crippen LogP contribution is -2.25. The Kier molecular flexibility index (Phi) is 4.17. The molecule has 0 spiro atoms. The summed E-state index contributed by atoms with van der Waals surface area (Å²) in [5.74, 6) is 0.616. The molecule has 0 radical (unpaired) electrons. The fourth-order valence-corrected chi connectivity index (χ4v) is 2.35. The second-order valence-electron chi connectivity index (χ2n) is 5.17. The van der Waals surface area contributed by atoms with Gasteiger partial charge < -0.3 is 5.32 Å². The number of amides is 1. The van der Waals surface area contributed by atoms with Gasteiger partial charge in [-0.25, -0.2) is 4.98 Å².